The maximum Gasteiger partial charge on any atom is 0.252 e. The van der Waals surface area contributed by atoms with Gasteiger partial charge < -0.3 is 18.9 Å². The quantitative estimate of drug-likeness (QED) is 0.142. The second-order valence-electron chi connectivity index (χ2n) is 30.8. The Morgan fingerprint density at radius 2 is 0.832 bits per heavy atom. The molecule has 0 radical (unpaired) electrons. The van der Waals surface area contributed by atoms with Gasteiger partial charge in [0.15, 0.2) is 0 Å². The van der Waals surface area contributed by atoms with Gasteiger partial charge in [-0.25, -0.2) is 0 Å². The van der Waals surface area contributed by atoms with Gasteiger partial charge in [-0.15, -0.1) is 0 Å². The van der Waals surface area contributed by atoms with Crippen molar-refractivity contribution in [1.82, 2.24) is 9.13 Å². The van der Waals surface area contributed by atoms with Crippen LogP contribution in [0.15, 0.2) is 279 Å². The second kappa shape index (κ2) is 23.4. The normalized spacial score (nSPS) is 15.4. The molecule has 0 saturated heterocycles. The van der Waals surface area contributed by atoms with E-state index in [9.17, 15) is 24.5 Å². The number of hydrogen-bond donors (Lipinski definition) is 0. The number of rotatable bonds is 8. The Kier molecular flexibility index (Phi) is 10.8. The summed E-state index contributed by atoms with van der Waals surface area (Å²) in [5, 5.41) is 13.2. The van der Waals surface area contributed by atoms with Crippen molar-refractivity contribution in [2.45, 2.75) is 105 Å². The van der Waals surface area contributed by atoms with Gasteiger partial charge in [0.2, 0.25) is 0 Å². The third kappa shape index (κ3) is 10.5. The van der Waals surface area contributed by atoms with Crippen LogP contribution in [0.1, 0.15) is 134 Å². The average molecular weight is 1320 g/mol. The van der Waals surface area contributed by atoms with Crippen molar-refractivity contribution >= 4 is 101 Å². The van der Waals surface area contributed by atoms with Gasteiger partial charge in [-0.05, 0) is 179 Å². The molecule has 0 atom stereocenters. The minimum Gasteiger partial charge on any atom is -0.311 e. The van der Waals surface area contributed by atoms with Gasteiger partial charge in [-0.1, -0.05) is 277 Å². The molecule has 490 valence electrons. The van der Waals surface area contributed by atoms with Crippen molar-refractivity contribution in [2.75, 3.05) is 9.80 Å². The van der Waals surface area contributed by atoms with Crippen molar-refractivity contribution in [3.05, 3.63) is 306 Å². The summed E-state index contributed by atoms with van der Waals surface area (Å²) in [5.41, 5.74) is 11.7. The molecule has 2 aliphatic heterocycles. The Hall–Kier alpha value is -11.4. The van der Waals surface area contributed by atoms with Crippen LogP contribution in [0.3, 0.4) is 0 Å². The Labute approximate surface area is 618 Å². The number of benzene rings is 13. The number of nitriles is 1. The molecule has 0 aliphatic carbocycles. The molecule has 0 spiro atoms. The molecule has 0 amide bonds. The molecule has 0 fully saturated rings. The molecular formula is C95H82BN5. The number of fused-ring (bicyclic) bond motifs is 10. The van der Waals surface area contributed by atoms with Crippen LogP contribution in [0.4, 0.5) is 34.1 Å². The largest absolute Gasteiger partial charge is 0.311 e. The van der Waals surface area contributed by atoms with Crippen LogP contribution in [-0.2, 0) is 21.7 Å². The van der Waals surface area contributed by atoms with E-state index in [1.807, 2.05) is 130 Å². The van der Waals surface area contributed by atoms with Gasteiger partial charge in [0.25, 0.3) is 6.71 Å². The topological polar surface area (TPSA) is 40.1 Å². The summed E-state index contributed by atoms with van der Waals surface area (Å²) in [4.78, 5) is 4.25. The molecule has 17 rings (SSSR count). The minimum absolute atomic E-state index is 0.0850. The Morgan fingerprint density at radius 1 is 0.337 bits per heavy atom. The van der Waals surface area contributed by atoms with Crippen molar-refractivity contribution in [3.63, 3.8) is 0 Å². The smallest absolute Gasteiger partial charge is 0.252 e. The van der Waals surface area contributed by atoms with Gasteiger partial charge in [0, 0.05) is 66.8 Å². The highest BCUT2D eigenvalue weighted by molar-refractivity contribution is 7.00. The van der Waals surface area contributed by atoms with E-state index >= 15 is 0 Å². The van der Waals surface area contributed by atoms with Crippen molar-refractivity contribution in [1.29, 1.82) is 5.26 Å². The molecule has 6 heteroatoms. The standard InChI is InChI=1S/C95H82BN5/c1-92(2,3)67-33-27-32-63(48-67)78-56-70(95(10,11)12)55-77(61-30-17-14-18-31-61)91(78)101-86-51-62(60-28-15-13-16-29-60)43-46-79(86)96-80-47-45-72(98-81-38-23-19-34-73(81)74-35-20-24-39-82(74)98)58-87(80)99(88-52-66(53-89(101)90(88)96)65-49-68(93(4,5)6)54-69(50-65)94(7,8)9)71-44-42-64(59-97)85(57-71)100-83-40-25-21-36-75(83)76-37-22-26-41-84(76)100/h13-58H,1-12H3/i13D,15D,16D,19D,20D,23D,24D,27D,28D,29D,32D,33D,34D,35D,38D,39D,48D. The van der Waals surface area contributed by atoms with Gasteiger partial charge in [0.1, 0.15) is 6.07 Å². The SMILES string of the molecule is [2H]c1c([2H])c([2H])c(-c2ccc3c(c2)N(c2c(-c4ccccc4)cc(C(C)(C)C)cc2-c2c([2H])c([2H])c([2H])c(C(C)(C)C)c2[2H])c2cc(-c4cc(C(C)(C)C)cc(C(C)(C)C)c4)cc4c2B3c2ccc(-n3c5c([2H])c([2H])c([2H])c([2H])c5c5c([2H])c([2H])c([2H])c([2H])c53)cc2N4c2ccc(C#N)c(-n3c4ccccc4c4ccccc43)c2)c([2H])c1[2H]. The zero-order valence-corrected chi connectivity index (χ0v) is 58.6. The van der Waals surface area contributed by atoms with Crippen LogP contribution in [0, 0.1) is 11.3 Å². The summed E-state index contributed by atoms with van der Waals surface area (Å²) < 4.78 is 166. The van der Waals surface area contributed by atoms with E-state index in [2.05, 4.69) is 131 Å². The van der Waals surface area contributed by atoms with Crippen LogP contribution >= 0.6 is 0 Å². The van der Waals surface area contributed by atoms with Crippen LogP contribution in [-0.4, -0.2) is 15.8 Å². The molecule has 15 aromatic rings. The fourth-order valence-electron chi connectivity index (χ4n) is 15.0. The van der Waals surface area contributed by atoms with E-state index in [-0.39, 0.29) is 73.9 Å². The first kappa shape index (κ1) is 46.8. The summed E-state index contributed by atoms with van der Waals surface area (Å²) in [6, 6.07) is 52.2. The van der Waals surface area contributed by atoms with Crippen LogP contribution in [0.25, 0.3) is 99.5 Å². The summed E-state index contributed by atoms with van der Waals surface area (Å²) in [5.74, 6) is 0. The number of anilines is 6. The Morgan fingerprint density at radius 3 is 1.45 bits per heavy atom. The van der Waals surface area contributed by atoms with Gasteiger partial charge >= 0.3 is 0 Å². The molecule has 2 aliphatic rings. The maximum atomic E-state index is 11.6. The van der Waals surface area contributed by atoms with Crippen LogP contribution in [0.5, 0.6) is 0 Å². The predicted octanol–water partition coefficient (Wildman–Crippen LogP) is 23.7. The first-order valence-corrected chi connectivity index (χ1v) is 34.3. The summed E-state index contributed by atoms with van der Waals surface area (Å²) in [6.45, 7) is 24.1. The fourth-order valence-corrected chi connectivity index (χ4v) is 15.0. The molecule has 0 bridgehead atoms. The van der Waals surface area contributed by atoms with E-state index < -0.39 is 107 Å². The first-order chi connectivity index (χ1) is 55.6. The van der Waals surface area contributed by atoms with E-state index in [0.717, 1.165) is 49.6 Å². The predicted molar refractivity (Wildman–Crippen MR) is 430 cm³/mol. The highest BCUT2D eigenvalue weighted by atomic mass is 15.2. The fraction of sp³-hybridized carbons (Fsp3) is 0.168. The lowest BCUT2D eigenvalue weighted by molar-refractivity contribution is 0.569. The Balaban J connectivity index is 1.12. The van der Waals surface area contributed by atoms with Crippen molar-refractivity contribution in [2.24, 2.45) is 0 Å². The minimum atomic E-state index is -0.902. The molecule has 0 N–H and O–H groups in total. The third-order valence-electron chi connectivity index (χ3n) is 20.2. The number of nitrogens with zero attached hydrogens (tertiary/aromatic N) is 5. The lowest BCUT2D eigenvalue weighted by Crippen LogP contribution is -2.61. The van der Waals surface area contributed by atoms with Crippen molar-refractivity contribution in [3.8, 4) is 62.0 Å². The summed E-state index contributed by atoms with van der Waals surface area (Å²) >= 11 is 0. The molecule has 13 aromatic carbocycles. The molecule has 101 heavy (non-hydrogen) atoms. The average Bonchev–Trinajstić information content (AvgIpc) is 0.989. The van der Waals surface area contributed by atoms with Crippen LogP contribution in [0.2, 0.25) is 0 Å². The zero-order chi connectivity index (χ0) is 84.4. The van der Waals surface area contributed by atoms with Crippen molar-refractivity contribution < 1.29 is 23.3 Å². The summed E-state index contributed by atoms with van der Waals surface area (Å²) in [6.07, 6.45) is 0. The molecular weight excluding hydrogens is 1220 g/mol. The number of para-hydroxylation sites is 4. The highest BCUT2D eigenvalue weighted by Gasteiger charge is 2.46. The molecule has 2 aromatic heterocycles. The lowest BCUT2D eigenvalue weighted by Gasteiger charge is -2.45. The molecule has 0 saturated carbocycles. The lowest BCUT2D eigenvalue weighted by atomic mass is 9.33. The second-order valence-corrected chi connectivity index (χ2v) is 30.8. The number of hydrogen-bond acceptors (Lipinski definition) is 3. The molecule has 4 heterocycles. The van der Waals surface area contributed by atoms with E-state index in [0.29, 0.717) is 78.5 Å². The highest BCUT2D eigenvalue weighted by Crippen LogP contribution is 2.54. The number of aromatic nitrogens is 2. The first-order valence-electron chi connectivity index (χ1n) is 42.8. The zero-order valence-electron chi connectivity index (χ0n) is 75.6. The molecule has 5 nitrogen and oxygen atoms in total. The van der Waals surface area contributed by atoms with E-state index in [4.69, 9.17) is 4.11 Å². The van der Waals surface area contributed by atoms with E-state index in [1.165, 1.54) is 4.57 Å². The van der Waals surface area contributed by atoms with Crippen LogP contribution < -0.4 is 26.2 Å². The van der Waals surface area contributed by atoms with Gasteiger partial charge in [0.05, 0.1) is 62.3 Å². The monoisotopic (exact) mass is 1320 g/mol. The van der Waals surface area contributed by atoms with Gasteiger partial charge in [-0.3, -0.25) is 0 Å². The summed E-state index contributed by atoms with van der Waals surface area (Å²) in [7, 11) is 0. The van der Waals surface area contributed by atoms with E-state index in [1.54, 1.807) is 18.2 Å². The maximum absolute atomic E-state index is 11.6. The molecule has 0 unspecified atom stereocenters. The van der Waals surface area contributed by atoms with Gasteiger partial charge in [-0.2, -0.15) is 5.26 Å². The Bertz CT molecular complexity index is 6800. The third-order valence-corrected chi connectivity index (χ3v) is 20.2.